The SMILES string of the molecule is COc1cc(O)c(C(=O)c2ccccc2)cc1S(=O)[O-].O.O.O. The molecule has 0 bridgehead atoms. The van der Waals surface area contributed by atoms with Crippen LogP contribution in [-0.2, 0) is 11.1 Å². The van der Waals surface area contributed by atoms with Crippen molar-refractivity contribution >= 4 is 16.9 Å². The number of hydrogen-bond acceptors (Lipinski definition) is 5. The maximum atomic E-state index is 12.2. The monoisotopic (exact) mass is 345 g/mol. The molecule has 0 aromatic heterocycles. The minimum absolute atomic E-state index is 0. The number of benzene rings is 2. The number of hydrogen-bond donors (Lipinski definition) is 1. The number of phenolic OH excluding ortho intramolecular Hbond substituents is 1. The molecule has 0 radical (unpaired) electrons. The van der Waals surface area contributed by atoms with Gasteiger partial charge in [-0.15, -0.1) is 0 Å². The Hall–Kier alpha value is -2.30. The predicted octanol–water partition coefficient (Wildman–Crippen LogP) is -0.604. The number of aromatic hydroxyl groups is 1. The van der Waals surface area contributed by atoms with E-state index in [-0.39, 0.29) is 38.4 Å². The summed E-state index contributed by atoms with van der Waals surface area (Å²) < 4.78 is 27.1. The van der Waals surface area contributed by atoms with E-state index in [0.29, 0.717) is 5.56 Å². The second kappa shape index (κ2) is 9.66. The molecule has 0 aliphatic rings. The second-order valence-corrected chi connectivity index (χ2v) is 4.86. The smallest absolute Gasteiger partial charge is 0.196 e. The van der Waals surface area contributed by atoms with E-state index in [4.69, 9.17) is 4.74 Å². The first-order chi connectivity index (χ1) is 9.54. The molecule has 0 spiro atoms. The van der Waals surface area contributed by atoms with Crippen LogP contribution in [0.2, 0.25) is 0 Å². The lowest BCUT2D eigenvalue weighted by molar-refractivity contribution is 0.103. The molecule has 128 valence electrons. The van der Waals surface area contributed by atoms with Crippen molar-refractivity contribution in [3.63, 3.8) is 0 Å². The summed E-state index contributed by atoms with van der Waals surface area (Å²) in [5.41, 5.74) is 0.270. The highest BCUT2D eigenvalue weighted by Gasteiger charge is 2.17. The number of carbonyl (C=O) groups excluding carboxylic acids is 1. The fourth-order valence-electron chi connectivity index (χ4n) is 1.77. The van der Waals surface area contributed by atoms with Crippen molar-refractivity contribution in [3.05, 3.63) is 53.6 Å². The first-order valence-electron chi connectivity index (χ1n) is 5.64. The molecule has 8 nitrogen and oxygen atoms in total. The number of rotatable bonds is 4. The van der Waals surface area contributed by atoms with Crippen molar-refractivity contribution in [3.8, 4) is 11.5 Å². The Morgan fingerprint density at radius 1 is 1.13 bits per heavy atom. The summed E-state index contributed by atoms with van der Waals surface area (Å²) in [5.74, 6) is -0.803. The summed E-state index contributed by atoms with van der Waals surface area (Å²) in [6, 6.07) is 10.5. The molecule has 1 atom stereocenters. The Balaban J connectivity index is 0. The van der Waals surface area contributed by atoms with Gasteiger partial charge in [0.05, 0.1) is 17.6 Å². The van der Waals surface area contributed by atoms with Gasteiger partial charge in [-0.05, 0) is 17.1 Å². The summed E-state index contributed by atoms with van der Waals surface area (Å²) >= 11 is -2.57. The van der Waals surface area contributed by atoms with Gasteiger partial charge in [-0.2, -0.15) is 0 Å². The van der Waals surface area contributed by atoms with Crippen LogP contribution in [0.3, 0.4) is 0 Å². The fourth-order valence-corrected chi connectivity index (χ4v) is 2.29. The largest absolute Gasteiger partial charge is 0.768 e. The van der Waals surface area contributed by atoms with Crippen LogP contribution in [0.15, 0.2) is 47.4 Å². The molecule has 1 unspecified atom stereocenters. The molecule has 2 aromatic carbocycles. The lowest BCUT2D eigenvalue weighted by Crippen LogP contribution is -2.04. The minimum Gasteiger partial charge on any atom is -0.768 e. The molecule has 0 saturated heterocycles. The van der Waals surface area contributed by atoms with Crippen LogP contribution < -0.4 is 4.74 Å². The topological polar surface area (TPSA) is 181 Å². The second-order valence-electron chi connectivity index (χ2n) is 3.95. The van der Waals surface area contributed by atoms with Gasteiger partial charge >= 0.3 is 0 Å². The van der Waals surface area contributed by atoms with E-state index >= 15 is 0 Å². The van der Waals surface area contributed by atoms with Crippen LogP contribution in [0.25, 0.3) is 0 Å². The van der Waals surface area contributed by atoms with E-state index < -0.39 is 16.9 Å². The average molecular weight is 345 g/mol. The van der Waals surface area contributed by atoms with Gasteiger partial charge in [-0.25, -0.2) is 0 Å². The van der Waals surface area contributed by atoms with Gasteiger partial charge in [0.2, 0.25) is 0 Å². The average Bonchev–Trinajstić information content (AvgIpc) is 2.46. The van der Waals surface area contributed by atoms with Crippen LogP contribution in [0.1, 0.15) is 15.9 Å². The molecule has 9 heteroatoms. The maximum absolute atomic E-state index is 12.2. The zero-order chi connectivity index (χ0) is 14.7. The molecular weight excluding hydrogens is 328 g/mol. The third-order valence-electron chi connectivity index (χ3n) is 2.74. The molecule has 0 aliphatic carbocycles. The highest BCUT2D eigenvalue weighted by Crippen LogP contribution is 2.31. The zero-order valence-corrected chi connectivity index (χ0v) is 12.8. The molecule has 0 amide bonds. The summed E-state index contributed by atoms with van der Waals surface area (Å²) in [4.78, 5) is 12.1. The summed E-state index contributed by atoms with van der Waals surface area (Å²) in [7, 11) is 1.28. The van der Waals surface area contributed by atoms with E-state index in [9.17, 15) is 18.7 Å². The van der Waals surface area contributed by atoms with Crippen molar-refractivity contribution in [2.75, 3.05) is 7.11 Å². The van der Waals surface area contributed by atoms with Crippen molar-refractivity contribution in [1.29, 1.82) is 0 Å². The maximum Gasteiger partial charge on any atom is 0.196 e. The highest BCUT2D eigenvalue weighted by atomic mass is 32.2. The number of ether oxygens (including phenoxy) is 1. The van der Waals surface area contributed by atoms with E-state index in [1.807, 2.05) is 0 Å². The van der Waals surface area contributed by atoms with E-state index in [2.05, 4.69) is 0 Å². The quantitative estimate of drug-likeness (QED) is 0.572. The van der Waals surface area contributed by atoms with Gasteiger partial charge in [-0.1, -0.05) is 30.3 Å². The number of carbonyl (C=O) groups is 1. The Bertz CT molecular complexity index is 672. The molecule has 0 aliphatic heterocycles. The van der Waals surface area contributed by atoms with Crippen molar-refractivity contribution < 1.29 is 39.8 Å². The molecule has 0 fully saturated rings. The number of methoxy groups -OCH3 is 1. The molecule has 7 N–H and O–H groups in total. The summed E-state index contributed by atoms with van der Waals surface area (Å²) in [5, 5.41) is 9.86. The van der Waals surface area contributed by atoms with Gasteiger partial charge in [0.1, 0.15) is 11.5 Å². The van der Waals surface area contributed by atoms with Crippen LogP contribution in [-0.4, -0.2) is 43.2 Å². The van der Waals surface area contributed by atoms with Gasteiger partial charge in [-0.3, -0.25) is 9.00 Å². The highest BCUT2D eigenvalue weighted by molar-refractivity contribution is 7.79. The normalized spacial score (nSPS) is 10.3. The summed E-state index contributed by atoms with van der Waals surface area (Å²) in [6.45, 7) is 0. The van der Waals surface area contributed by atoms with Crippen LogP contribution in [0.4, 0.5) is 0 Å². The third-order valence-corrected chi connectivity index (χ3v) is 3.42. The minimum atomic E-state index is -2.57. The molecular formula is C14H17O8S-. The van der Waals surface area contributed by atoms with Crippen molar-refractivity contribution in [2.24, 2.45) is 0 Å². The van der Waals surface area contributed by atoms with E-state index in [1.165, 1.54) is 7.11 Å². The summed E-state index contributed by atoms with van der Waals surface area (Å²) in [6.07, 6.45) is 0. The lowest BCUT2D eigenvalue weighted by Gasteiger charge is -2.13. The Morgan fingerprint density at radius 2 is 1.70 bits per heavy atom. The van der Waals surface area contributed by atoms with Gasteiger partial charge < -0.3 is 30.8 Å². The van der Waals surface area contributed by atoms with Crippen molar-refractivity contribution in [1.82, 2.24) is 0 Å². The lowest BCUT2D eigenvalue weighted by atomic mass is 10.0. The molecule has 2 rings (SSSR count). The van der Waals surface area contributed by atoms with E-state index in [0.717, 1.165) is 12.1 Å². The van der Waals surface area contributed by atoms with Crippen molar-refractivity contribution in [2.45, 2.75) is 4.90 Å². The van der Waals surface area contributed by atoms with Gasteiger partial charge in [0.25, 0.3) is 0 Å². The Kier molecular flexibility index (Phi) is 9.65. The number of phenols is 1. The standard InChI is InChI=1S/C14H12O5S.3H2O/c1-19-12-8-11(15)10(7-13(12)20(17)18)14(16)9-5-3-2-4-6-9;;;/h2-8,15H,1H3,(H,17,18);3*1H2/p-1. The molecule has 0 saturated carbocycles. The molecule has 2 aromatic rings. The van der Waals surface area contributed by atoms with E-state index in [1.54, 1.807) is 30.3 Å². The first kappa shape index (κ1) is 23.0. The zero-order valence-electron chi connectivity index (χ0n) is 12.0. The predicted molar refractivity (Wildman–Crippen MR) is 82.6 cm³/mol. The number of ketones is 1. The Labute approximate surface area is 134 Å². The fraction of sp³-hybridized carbons (Fsp3) is 0.0714. The van der Waals surface area contributed by atoms with Crippen LogP contribution in [0, 0.1) is 0 Å². The first-order valence-corrected chi connectivity index (χ1v) is 6.72. The van der Waals surface area contributed by atoms with Crippen LogP contribution in [0.5, 0.6) is 11.5 Å². The van der Waals surface area contributed by atoms with Crippen LogP contribution >= 0.6 is 0 Å². The Morgan fingerprint density at radius 3 is 2.17 bits per heavy atom. The van der Waals surface area contributed by atoms with Gasteiger partial charge in [0.15, 0.2) is 5.78 Å². The third kappa shape index (κ3) is 4.84. The molecule has 23 heavy (non-hydrogen) atoms. The molecule has 0 heterocycles. The van der Waals surface area contributed by atoms with Gasteiger partial charge in [0, 0.05) is 11.6 Å².